The molecule has 172 valence electrons. The van der Waals surface area contributed by atoms with Gasteiger partial charge in [-0.25, -0.2) is 4.79 Å². The number of amides is 1. The van der Waals surface area contributed by atoms with E-state index in [0.29, 0.717) is 41.0 Å². The molecule has 0 aliphatic heterocycles. The highest BCUT2D eigenvalue weighted by Crippen LogP contribution is 2.30. The van der Waals surface area contributed by atoms with Gasteiger partial charge in [0, 0.05) is 10.7 Å². The van der Waals surface area contributed by atoms with E-state index in [-0.39, 0.29) is 11.1 Å². The van der Waals surface area contributed by atoms with Crippen molar-refractivity contribution in [3.05, 3.63) is 94.0 Å². The minimum atomic E-state index is -1.07. The number of rotatable bonds is 9. The first-order valence-electron chi connectivity index (χ1n) is 10.3. The zero-order valence-corrected chi connectivity index (χ0v) is 19.0. The summed E-state index contributed by atoms with van der Waals surface area (Å²) in [6.45, 7) is 2.54. The SMILES string of the molecule is CCOc1cc(/C=C(\C#N)C(=O)Nc2ccc(C(=O)O)cc2)ccc1OCc1cccc(Cl)c1. The van der Waals surface area contributed by atoms with Gasteiger partial charge in [-0.05, 0) is 72.7 Å². The van der Waals surface area contributed by atoms with Crippen molar-refractivity contribution in [3.8, 4) is 17.6 Å². The predicted molar refractivity (Wildman–Crippen MR) is 129 cm³/mol. The third-order valence-corrected chi connectivity index (χ3v) is 4.85. The number of carbonyl (C=O) groups is 2. The van der Waals surface area contributed by atoms with Crippen molar-refractivity contribution in [3.63, 3.8) is 0 Å². The maximum Gasteiger partial charge on any atom is 0.335 e. The quantitative estimate of drug-likeness (QED) is 0.309. The number of benzene rings is 3. The van der Waals surface area contributed by atoms with E-state index in [1.807, 2.05) is 31.2 Å². The van der Waals surface area contributed by atoms with E-state index < -0.39 is 11.9 Å². The second-order valence-corrected chi connectivity index (χ2v) is 7.50. The van der Waals surface area contributed by atoms with Crippen LogP contribution in [0.3, 0.4) is 0 Å². The Hall–Kier alpha value is -4.28. The number of nitriles is 1. The fraction of sp³-hybridized carbons (Fsp3) is 0.115. The summed E-state index contributed by atoms with van der Waals surface area (Å²) in [5.41, 5.74) is 1.81. The number of carboxylic acids is 1. The molecule has 2 N–H and O–H groups in total. The molecule has 0 spiro atoms. The van der Waals surface area contributed by atoms with Crippen molar-refractivity contribution in [2.45, 2.75) is 13.5 Å². The second kappa shape index (κ2) is 11.5. The Morgan fingerprint density at radius 3 is 2.47 bits per heavy atom. The monoisotopic (exact) mass is 476 g/mol. The Labute approximate surface area is 201 Å². The first-order chi connectivity index (χ1) is 16.4. The summed E-state index contributed by atoms with van der Waals surface area (Å²) in [4.78, 5) is 23.5. The van der Waals surface area contributed by atoms with Gasteiger partial charge in [-0.2, -0.15) is 5.26 Å². The number of hydrogen-bond donors (Lipinski definition) is 2. The highest BCUT2D eigenvalue weighted by Gasteiger charge is 2.12. The lowest BCUT2D eigenvalue weighted by molar-refractivity contribution is -0.112. The van der Waals surface area contributed by atoms with Gasteiger partial charge in [-0.15, -0.1) is 0 Å². The Kier molecular flexibility index (Phi) is 8.27. The van der Waals surface area contributed by atoms with E-state index in [4.69, 9.17) is 26.2 Å². The summed E-state index contributed by atoms with van der Waals surface area (Å²) in [6, 6.07) is 20.0. The van der Waals surface area contributed by atoms with Gasteiger partial charge in [-0.1, -0.05) is 29.8 Å². The molecule has 3 aromatic rings. The molecule has 34 heavy (non-hydrogen) atoms. The van der Waals surface area contributed by atoms with E-state index in [1.54, 1.807) is 24.3 Å². The van der Waals surface area contributed by atoms with Crippen LogP contribution in [0.4, 0.5) is 5.69 Å². The molecule has 8 heteroatoms. The number of aromatic carboxylic acids is 1. The zero-order valence-electron chi connectivity index (χ0n) is 18.2. The number of nitrogens with one attached hydrogen (secondary N) is 1. The number of carboxylic acid groups (broad SMARTS) is 1. The molecule has 0 aromatic heterocycles. The van der Waals surface area contributed by atoms with Crippen LogP contribution in [0.15, 0.2) is 72.3 Å². The summed E-state index contributed by atoms with van der Waals surface area (Å²) >= 11 is 6.02. The smallest absolute Gasteiger partial charge is 0.335 e. The van der Waals surface area contributed by atoms with Crippen LogP contribution in [0.1, 0.15) is 28.4 Å². The Morgan fingerprint density at radius 2 is 1.82 bits per heavy atom. The van der Waals surface area contributed by atoms with Crippen LogP contribution < -0.4 is 14.8 Å². The summed E-state index contributed by atoms with van der Waals surface area (Å²) in [7, 11) is 0. The van der Waals surface area contributed by atoms with Crippen molar-refractivity contribution in [1.29, 1.82) is 5.26 Å². The van der Waals surface area contributed by atoms with Crippen molar-refractivity contribution < 1.29 is 24.2 Å². The number of hydrogen-bond acceptors (Lipinski definition) is 5. The van der Waals surface area contributed by atoms with Crippen LogP contribution in [-0.4, -0.2) is 23.6 Å². The van der Waals surface area contributed by atoms with Crippen LogP contribution in [0, 0.1) is 11.3 Å². The molecule has 3 rings (SSSR count). The molecule has 0 aliphatic carbocycles. The molecule has 0 atom stereocenters. The summed E-state index contributed by atoms with van der Waals surface area (Å²) < 4.78 is 11.6. The first kappa shape index (κ1) is 24.4. The van der Waals surface area contributed by atoms with E-state index in [9.17, 15) is 14.9 Å². The largest absolute Gasteiger partial charge is 0.490 e. The lowest BCUT2D eigenvalue weighted by Crippen LogP contribution is -2.13. The topological polar surface area (TPSA) is 109 Å². The lowest BCUT2D eigenvalue weighted by atomic mass is 10.1. The normalized spacial score (nSPS) is 10.8. The van der Waals surface area contributed by atoms with Crippen LogP contribution in [0.25, 0.3) is 6.08 Å². The average Bonchev–Trinajstić information content (AvgIpc) is 2.82. The second-order valence-electron chi connectivity index (χ2n) is 7.06. The fourth-order valence-electron chi connectivity index (χ4n) is 3.00. The van der Waals surface area contributed by atoms with Gasteiger partial charge < -0.3 is 19.9 Å². The van der Waals surface area contributed by atoms with Crippen molar-refractivity contribution in [2.75, 3.05) is 11.9 Å². The van der Waals surface area contributed by atoms with Crippen LogP contribution >= 0.6 is 11.6 Å². The predicted octanol–water partition coefficient (Wildman–Crippen LogP) is 5.56. The highest BCUT2D eigenvalue weighted by atomic mass is 35.5. The fourth-order valence-corrected chi connectivity index (χ4v) is 3.21. The van der Waals surface area contributed by atoms with E-state index in [2.05, 4.69) is 5.32 Å². The van der Waals surface area contributed by atoms with Crippen molar-refractivity contribution in [1.82, 2.24) is 0 Å². The summed E-state index contributed by atoms with van der Waals surface area (Å²) in [5.74, 6) is -0.703. The number of carbonyl (C=O) groups excluding carboxylic acids is 1. The first-order valence-corrected chi connectivity index (χ1v) is 10.7. The maximum atomic E-state index is 12.5. The van der Waals surface area contributed by atoms with Crippen LogP contribution in [0.2, 0.25) is 5.02 Å². The lowest BCUT2D eigenvalue weighted by Gasteiger charge is -2.13. The van der Waals surface area contributed by atoms with Gasteiger partial charge in [0.25, 0.3) is 5.91 Å². The van der Waals surface area contributed by atoms with E-state index in [1.165, 1.54) is 30.3 Å². The molecule has 7 nitrogen and oxygen atoms in total. The molecule has 0 heterocycles. The minimum Gasteiger partial charge on any atom is -0.490 e. The highest BCUT2D eigenvalue weighted by molar-refractivity contribution is 6.30. The van der Waals surface area contributed by atoms with Gasteiger partial charge in [0.15, 0.2) is 11.5 Å². The number of anilines is 1. The molecule has 0 radical (unpaired) electrons. The summed E-state index contributed by atoms with van der Waals surface area (Å²) in [5, 5.41) is 21.7. The van der Waals surface area contributed by atoms with Crippen LogP contribution in [0.5, 0.6) is 11.5 Å². The van der Waals surface area contributed by atoms with Gasteiger partial charge in [-0.3, -0.25) is 4.79 Å². The Morgan fingerprint density at radius 1 is 1.06 bits per heavy atom. The van der Waals surface area contributed by atoms with Gasteiger partial charge >= 0.3 is 5.97 Å². The average molecular weight is 477 g/mol. The molecular weight excluding hydrogens is 456 g/mol. The van der Waals surface area contributed by atoms with Gasteiger partial charge in [0.05, 0.1) is 12.2 Å². The van der Waals surface area contributed by atoms with E-state index in [0.717, 1.165) is 5.56 Å². The van der Waals surface area contributed by atoms with Crippen LogP contribution in [-0.2, 0) is 11.4 Å². The standard InChI is InChI=1S/C26H21ClN2O5/c1-2-33-24-14-17(6-11-23(24)34-16-18-4-3-5-21(27)13-18)12-20(15-28)25(30)29-22-9-7-19(8-10-22)26(31)32/h3-14H,2,16H2,1H3,(H,29,30)(H,31,32)/b20-12+. The Bertz CT molecular complexity index is 1260. The van der Waals surface area contributed by atoms with E-state index >= 15 is 0 Å². The molecule has 0 unspecified atom stereocenters. The summed E-state index contributed by atoms with van der Waals surface area (Å²) in [6.07, 6.45) is 1.43. The third kappa shape index (κ3) is 6.61. The van der Waals surface area contributed by atoms with Crippen molar-refractivity contribution >= 4 is 35.2 Å². The number of ether oxygens (including phenoxy) is 2. The Balaban J connectivity index is 1.76. The molecule has 0 bridgehead atoms. The minimum absolute atomic E-state index is 0.0928. The zero-order chi connectivity index (χ0) is 24.5. The molecule has 0 saturated carbocycles. The van der Waals surface area contributed by atoms with Gasteiger partial charge in [0.2, 0.25) is 0 Å². The molecule has 0 aliphatic rings. The molecule has 1 amide bonds. The maximum absolute atomic E-state index is 12.5. The molecule has 3 aromatic carbocycles. The van der Waals surface area contributed by atoms with Gasteiger partial charge in [0.1, 0.15) is 18.2 Å². The molecule has 0 saturated heterocycles. The number of halogens is 1. The molecular formula is C26H21ClN2O5. The number of nitrogens with zero attached hydrogens (tertiary/aromatic N) is 1. The third-order valence-electron chi connectivity index (χ3n) is 4.62. The van der Waals surface area contributed by atoms with Crippen molar-refractivity contribution in [2.24, 2.45) is 0 Å². The molecule has 0 fully saturated rings.